The van der Waals surface area contributed by atoms with Gasteiger partial charge in [0.05, 0.1) is 0 Å². The second-order valence-electron chi connectivity index (χ2n) is 3.71. The van der Waals surface area contributed by atoms with Crippen molar-refractivity contribution < 1.29 is 9.18 Å². The van der Waals surface area contributed by atoms with E-state index in [9.17, 15) is 9.18 Å². The first-order chi connectivity index (χ1) is 8.69. The molecule has 0 saturated carbocycles. The van der Waals surface area contributed by atoms with Crippen LogP contribution in [-0.4, -0.2) is 6.29 Å². The smallest absolute Gasteiger partial charge is 0.150 e. The Morgan fingerprint density at radius 3 is 2.78 bits per heavy atom. The highest BCUT2D eigenvalue weighted by Crippen LogP contribution is 2.27. The van der Waals surface area contributed by atoms with Crippen LogP contribution in [0, 0.1) is 5.82 Å². The summed E-state index contributed by atoms with van der Waals surface area (Å²) >= 11 is 7.50. The van der Waals surface area contributed by atoms with Crippen LogP contribution in [0.15, 0.2) is 47.4 Å². The zero-order chi connectivity index (χ0) is 13.0. The lowest BCUT2D eigenvalue weighted by atomic mass is 10.2. The molecule has 0 aliphatic carbocycles. The minimum Gasteiger partial charge on any atom is -0.298 e. The molecule has 0 radical (unpaired) electrons. The molecule has 2 rings (SSSR count). The highest BCUT2D eigenvalue weighted by Gasteiger charge is 2.03. The fourth-order valence-electron chi connectivity index (χ4n) is 1.48. The zero-order valence-electron chi connectivity index (χ0n) is 9.40. The second kappa shape index (κ2) is 6.03. The Morgan fingerprint density at radius 1 is 1.22 bits per heavy atom. The van der Waals surface area contributed by atoms with Gasteiger partial charge in [0.15, 0.2) is 0 Å². The molecule has 0 spiro atoms. The quantitative estimate of drug-likeness (QED) is 0.602. The number of halogens is 2. The first kappa shape index (κ1) is 13.1. The van der Waals surface area contributed by atoms with Gasteiger partial charge in [0.2, 0.25) is 0 Å². The third kappa shape index (κ3) is 3.34. The van der Waals surface area contributed by atoms with Gasteiger partial charge in [-0.3, -0.25) is 4.79 Å². The summed E-state index contributed by atoms with van der Waals surface area (Å²) in [6, 6.07) is 11.7. The van der Waals surface area contributed by atoms with Crippen LogP contribution in [-0.2, 0) is 5.75 Å². The summed E-state index contributed by atoms with van der Waals surface area (Å²) in [7, 11) is 0. The summed E-state index contributed by atoms with van der Waals surface area (Å²) in [6.45, 7) is 0. The normalized spacial score (nSPS) is 10.3. The summed E-state index contributed by atoms with van der Waals surface area (Å²) in [6.07, 6.45) is 0.814. The van der Waals surface area contributed by atoms with E-state index in [-0.39, 0.29) is 5.82 Å². The summed E-state index contributed by atoms with van der Waals surface area (Å²) in [5.74, 6) is 0.304. The van der Waals surface area contributed by atoms with E-state index < -0.39 is 0 Å². The van der Waals surface area contributed by atoms with Gasteiger partial charge in [-0.1, -0.05) is 29.8 Å². The van der Waals surface area contributed by atoms with Gasteiger partial charge in [-0.15, -0.1) is 11.8 Å². The lowest BCUT2D eigenvalue weighted by molar-refractivity contribution is 0.112. The molecule has 0 aliphatic rings. The predicted octanol–water partition coefficient (Wildman–Crippen LogP) is 4.58. The van der Waals surface area contributed by atoms with Gasteiger partial charge in [0.25, 0.3) is 0 Å². The van der Waals surface area contributed by atoms with Crippen molar-refractivity contribution in [1.82, 2.24) is 0 Å². The second-order valence-corrected chi connectivity index (χ2v) is 5.17. The Hall–Kier alpha value is -1.32. The maximum absolute atomic E-state index is 12.9. The molecule has 1 nitrogen and oxygen atoms in total. The number of rotatable bonds is 4. The zero-order valence-corrected chi connectivity index (χ0v) is 11.0. The van der Waals surface area contributed by atoms with Gasteiger partial charge in [-0.05, 0) is 29.8 Å². The van der Waals surface area contributed by atoms with Crippen molar-refractivity contribution in [2.75, 3.05) is 0 Å². The molecule has 4 heteroatoms. The van der Waals surface area contributed by atoms with Gasteiger partial charge in [-0.2, -0.15) is 0 Å². The summed E-state index contributed by atoms with van der Waals surface area (Å²) in [5.41, 5.74) is 1.52. The minimum absolute atomic E-state index is 0.336. The van der Waals surface area contributed by atoms with Crippen molar-refractivity contribution in [2.45, 2.75) is 10.6 Å². The lowest BCUT2D eigenvalue weighted by Crippen LogP contribution is -1.85. The standard InChI is InChI=1S/C14H10ClFOS/c15-14-7-12(16)5-4-11(14)9-18-13-3-1-2-10(6-13)8-17/h1-8H,9H2. The molecule has 0 N–H and O–H groups in total. The molecule has 0 amide bonds. The number of thioether (sulfide) groups is 1. The van der Waals surface area contributed by atoms with Crippen LogP contribution in [0.3, 0.4) is 0 Å². The molecule has 0 saturated heterocycles. The molecule has 18 heavy (non-hydrogen) atoms. The Labute approximate surface area is 114 Å². The highest BCUT2D eigenvalue weighted by atomic mass is 35.5. The number of aldehydes is 1. The van der Waals surface area contributed by atoms with Crippen molar-refractivity contribution in [3.8, 4) is 0 Å². The maximum atomic E-state index is 12.9. The van der Waals surface area contributed by atoms with Crippen molar-refractivity contribution >= 4 is 29.6 Å². The van der Waals surface area contributed by atoms with Gasteiger partial charge in [0, 0.05) is 21.2 Å². The molecule has 2 aromatic carbocycles. The maximum Gasteiger partial charge on any atom is 0.150 e. The molecule has 0 fully saturated rings. The number of hydrogen-bond donors (Lipinski definition) is 0. The monoisotopic (exact) mass is 280 g/mol. The Bertz CT molecular complexity index is 571. The fraction of sp³-hybridized carbons (Fsp3) is 0.0714. The molecule has 0 aliphatic heterocycles. The van der Waals surface area contributed by atoms with Crippen molar-refractivity contribution in [3.05, 3.63) is 64.4 Å². The van der Waals surface area contributed by atoms with E-state index in [1.807, 2.05) is 18.2 Å². The van der Waals surface area contributed by atoms with Gasteiger partial charge in [0.1, 0.15) is 12.1 Å². The molecular weight excluding hydrogens is 271 g/mol. The van der Waals surface area contributed by atoms with Crippen molar-refractivity contribution in [3.63, 3.8) is 0 Å². The van der Waals surface area contributed by atoms with Gasteiger partial charge >= 0.3 is 0 Å². The van der Waals surface area contributed by atoms with Crippen LogP contribution >= 0.6 is 23.4 Å². The fourth-order valence-corrected chi connectivity index (χ4v) is 2.76. The van der Waals surface area contributed by atoms with E-state index >= 15 is 0 Å². The van der Waals surface area contributed by atoms with Crippen LogP contribution in [0.5, 0.6) is 0 Å². The van der Waals surface area contributed by atoms with Gasteiger partial charge < -0.3 is 0 Å². The molecular formula is C14H10ClFOS. The SMILES string of the molecule is O=Cc1cccc(SCc2ccc(F)cc2Cl)c1. The largest absolute Gasteiger partial charge is 0.298 e. The van der Waals surface area contributed by atoms with Crippen LogP contribution in [0.2, 0.25) is 5.02 Å². The van der Waals surface area contributed by atoms with Crippen molar-refractivity contribution in [1.29, 1.82) is 0 Å². The topological polar surface area (TPSA) is 17.1 Å². The van der Waals surface area contributed by atoms with Crippen LogP contribution in [0.4, 0.5) is 4.39 Å². The van der Waals surface area contributed by atoms with E-state index in [1.54, 1.807) is 23.9 Å². The van der Waals surface area contributed by atoms with Crippen LogP contribution < -0.4 is 0 Å². The van der Waals surface area contributed by atoms with E-state index in [2.05, 4.69) is 0 Å². The molecule has 0 atom stereocenters. The Balaban J connectivity index is 2.08. The molecule has 2 aromatic rings. The number of hydrogen-bond acceptors (Lipinski definition) is 2. The molecule has 0 heterocycles. The third-order valence-electron chi connectivity index (χ3n) is 2.40. The average molecular weight is 281 g/mol. The Morgan fingerprint density at radius 2 is 2.06 bits per heavy atom. The lowest BCUT2D eigenvalue weighted by Gasteiger charge is -2.05. The first-order valence-corrected chi connectivity index (χ1v) is 6.67. The van der Waals surface area contributed by atoms with E-state index in [0.717, 1.165) is 16.7 Å². The number of carbonyl (C=O) groups is 1. The number of carbonyl (C=O) groups excluding carboxylic acids is 1. The van der Waals surface area contributed by atoms with E-state index in [0.29, 0.717) is 16.3 Å². The summed E-state index contributed by atoms with van der Waals surface area (Å²) in [4.78, 5) is 11.6. The predicted molar refractivity (Wildman–Crippen MR) is 72.8 cm³/mol. The van der Waals surface area contributed by atoms with E-state index in [1.165, 1.54) is 12.1 Å². The summed E-state index contributed by atoms with van der Waals surface area (Å²) in [5, 5.41) is 0.425. The summed E-state index contributed by atoms with van der Waals surface area (Å²) < 4.78 is 12.9. The number of benzene rings is 2. The highest BCUT2D eigenvalue weighted by molar-refractivity contribution is 7.98. The van der Waals surface area contributed by atoms with Crippen LogP contribution in [0.1, 0.15) is 15.9 Å². The van der Waals surface area contributed by atoms with Crippen molar-refractivity contribution in [2.24, 2.45) is 0 Å². The average Bonchev–Trinajstić information content (AvgIpc) is 2.38. The van der Waals surface area contributed by atoms with Gasteiger partial charge in [-0.25, -0.2) is 4.39 Å². The first-order valence-electron chi connectivity index (χ1n) is 5.31. The molecule has 92 valence electrons. The van der Waals surface area contributed by atoms with Crippen LogP contribution in [0.25, 0.3) is 0 Å². The Kier molecular flexibility index (Phi) is 4.39. The third-order valence-corrected chi connectivity index (χ3v) is 3.80. The molecule has 0 bridgehead atoms. The molecule has 0 unspecified atom stereocenters. The molecule has 0 aromatic heterocycles. The minimum atomic E-state index is -0.336. The van der Waals surface area contributed by atoms with E-state index in [4.69, 9.17) is 11.6 Å².